The SMILES string of the molecule is CCC(Oc1cccc(NC(=O)c2ccccc2)c1)C(=O)c1ccccc1. The van der Waals surface area contributed by atoms with Crippen molar-refractivity contribution in [2.45, 2.75) is 19.4 Å². The van der Waals surface area contributed by atoms with Crippen molar-refractivity contribution in [1.29, 1.82) is 0 Å². The van der Waals surface area contributed by atoms with E-state index in [2.05, 4.69) is 5.32 Å². The molecule has 1 unspecified atom stereocenters. The lowest BCUT2D eigenvalue weighted by Gasteiger charge is -2.17. The fraction of sp³-hybridized carbons (Fsp3) is 0.130. The minimum atomic E-state index is -0.576. The number of hydrogen-bond donors (Lipinski definition) is 1. The van der Waals surface area contributed by atoms with E-state index >= 15 is 0 Å². The third kappa shape index (κ3) is 4.82. The lowest BCUT2D eigenvalue weighted by atomic mass is 10.0. The summed E-state index contributed by atoms with van der Waals surface area (Å²) < 4.78 is 5.91. The van der Waals surface area contributed by atoms with E-state index in [1.165, 1.54) is 0 Å². The molecule has 1 N–H and O–H groups in total. The van der Waals surface area contributed by atoms with E-state index in [1.807, 2.05) is 43.3 Å². The second-order valence-corrected chi connectivity index (χ2v) is 6.09. The maximum atomic E-state index is 12.6. The van der Waals surface area contributed by atoms with Crippen molar-refractivity contribution >= 4 is 17.4 Å². The maximum absolute atomic E-state index is 12.6. The van der Waals surface area contributed by atoms with Gasteiger partial charge in [-0.3, -0.25) is 9.59 Å². The molecular weight excluding hydrogens is 338 g/mol. The molecule has 3 aromatic carbocycles. The van der Waals surface area contributed by atoms with Gasteiger partial charge in [0.15, 0.2) is 6.10 Å². The van der Waals surface area contributed by atoms with E-state index in [-0.39, 0.29) is 11.7 Å². The molecule has 3 rings (SSSR count). The second kappa shape index (κ2) is 8.81. The van der Waals surface area contributed by atoms with Gasteiger partial charge in [0.1, 0.15) is 5.75 Å². The number of anilines is 1. The van der Waals surface area contributed by atoms with Gasteiger partial charge < -0.3 is 10.1 Å². The van der Waals surface area contributed by atoms with Gasteiger partial charge in [0.25, 0.3) is 5.91 Å². The summed E-state index contributed by atoms with van der Waals surface area (Å²) in [5, 5.41) is 2.85. The van der Waals surface area contributed by atoms with Gasteiger partial charge in [-0.2, -0.15) is 0 Å². The highest BCUT2D eigenvalue weighted by Crippen LogP contribution is 2.21. The van der Waals surface area contributed by atoms with Gasteiger partial charge >= 0.3 is 0 Å². The largest absolute Gasteiger partial charge is 0.482 e. The number of Topliss-reactive ketones (excluding diaryl/α,β-unsaturated/α-hetero) is 1. The van der Waals surface area contributed by atoms with Crippen LogP contribution in [-0.2, 0) is 0 Å². The molecule has 0 aromatic heterocycles. The Morgan fingerprint density at radius 2 is 1.48 bits per heavy atom. The standard InChI is InChI=1S/C23H21NO3/c1-2-21(22(25)17-10-5-3-6-11-17)27-20-15-9-14-19(16-20)24-23(26)18-12-7-4-8-13-18/h3-16,21H,2H2,1H3,(H,24,26). The average Bonchev–Trinajstić information content (AvgIpc) is 2.73. The van der Waals surface area contributed by atoms with E-state index in [0.29, 0.717) is 29.0 Å². The Balaban J connectivity index is 1.71. The van der Waals surface area contributed by atoms with Gasteiger partial charge in [0.05, 0.1) is 0 Å². The maximum Gasteiger partial charge on any atom is 0.255 e. The molecule has 0 aliphatic carbocycles. The summed E-state index contributed by atoms with van der Waals surface area (Å²) >= 11 is 0. The lowest BCUT2D eigenvalue weighted by molar-refractivity contribution is 0.0786. The summed E-state index contributed by atoms with van der Waals surface area (Å²) in [5.74, 6) is 0.286. The molecule has 0 radical (unpaired) electrons. The Morgan fingerprint density at radius 3 is 2.11 bits per heavy atom. The fourth-order valence-corrected chi connectivity index (χ4v) is 2.71. The van der Waals surface area contributed by atoms with Gasteiger partial charge in [-0.05, 0) is 30.7 Å². The molecule has 0 fully saturated rings. The van der Waals surface area contributed by atoms with Crippen molar-refractivity contribution in [3.05, 3.63) is 96.1 Å². The monoisotopic (exact) mass is 359 g/mol. The molecule has 4 heteroatoms. The van der Waals surface area contributed by atoms with Crippen LogP contribution in [0.4, 0.5) is 5.69 Å². The molecule has 1 amide bonds. The molecule has 0 spiro atoms. The molecule has 0 saturated heterocycles. The van der Waals surface area contributed by atoms with E-state index in [9.17, 15) is 9.59 Å². The molecule has 0 aliphatic rings. The van der Waals surface area contributed by atoms with Crippen LogP contribution in [-0.4, -0.2) is 17.8 Å². The minimum Gasteiger partial charge on any atom is -0.482 e. The predicted octanol–water partition coefficient (Wildman–Crippen LogP) is 4.98. The Kier molecular flexibility index (Phi) is 6.00. The van der Waals surface area contributed by atoms with Crippen molar-refractivity contribution in [2.75, 3.05) is 5.32 Å². The summed E-state index contributed by atoms with van der Waals surface area (Å²) in [5.41, 5.74) is 1.82. The molecule has 4 nitrogen and oxygen atoms in total. The van der Waals surface area contributed by atoms with Crippen LogP contribution in [0.15, 0.2) is 84.9 Å². The van der Waals surface area contributed by atoms with E-state index in [4.69, 9.17) is 4.74 Å². The first kappa shape index (κ1) is 18.4. The molecule has 27 heavy (non-hydrogen) atoms. The lowest BCUT2D eigenvalue weighted by Crippen LogP contribution is -2.26. The number of hydrogen-bond acceptors (Lipinski definition) is 3. The minimum absolute atomic E-state index is 0.0585. The zero-order valence-corrected chi connectivity index (χ0v) is 15.1. The highest BCUT2D eigenvalue weighted by molar-refractivity contribution is 6.04. The first-order valence-electron chi connectivity index (χ1n) is 8.89. The van der Waals surface area contributed by atoms with Crippen molar-refractivity contribution in [3.63, 3.8) is 0 Å². The molecule has 0 saturated carbocycles. The number of amides is 1. The highest BCUT2D eigenvalue weighted by atomic mass is 16.5. The fourth-order valence-electron chi connectivity index (χ4n) is 2.71. The third-order valence-electron chi connectivity index (χ3n) is 4.13. The molecule has 0 bridgehead atoms. The normalized spacial score (nSPS) is 11.4. The van der Waals surface area contributed by atoms with Crippen LogP contribution >= 0.6 is 0 Å². The van der Waals surface area contributed by atoms with Crippen molar-refractivity contribution in [2.24, 2.45) is 0 Å². The van der Waals surface area contributed by atoms with Gasteiger partial charge in [0, 0.05) is 22.9 Å². The first-order chi connectivity index (χ1) is 13.2. The molecule has 3 aromatic rings. The summed E-state index contributed by atoms with van der Waals surface area (Å²) in [4.78, 5) is 24.9. The number of benzene rings is 3. The Morgan fingerprint density at radius 1 is 0.852 bits per heavy atom. The summed E-state index contributed by atoms with van der Waals surface area (Å²) in [6.45, 7) is 1.91. The van der Waals surface area contributed by atoms with E-state index in [1.54, 1.807) is 48.5 Å². The molecule has 0 heterocycles. The van der Waals surface area contributed by atoms with Crippen LogP contribution in [0.1, 0.15) is 34.1 Å². The highest BCUT2D eigenvalue weighted by Gasteiger charge is 2.20. The number of rotatable bonds is 7. The molecule has 1 atom stereocenters. The summed E-state index contributed by atoms with van der Waals surface area (Å²) in [7, 11) is 0. The third-order valence-corrected chi connectivity index (χ3v) is 4.13. The number of ether oxygens (including phenoxy) is 1. The van der Waals surface area contributed by atoms with E-state index < -0.39 is 6.10 Å². The molecular formula is C23H21NO3. The quantitative estimate of drug-likeness (QED) is 0.605. The van der Waals surface area contributed by atoms with Crippen LogP contribution in [0.2, 0.25) is 0 Å². The van der Waals surface area contributed by atoms with Crippen LogP contribution in [0.3, 0.4) is 0 Å². The predicted molar refractivity (Wildman–Crippen MR) is 106 cm³/mol. The zero-order valence-electron chi connectivity index (χ0n) is 15.1. The zero-order chi connectivity index (χ0) is 19.1. The Bertz CT molecular complexity index is 907. The number of ketones is 1. The van der Waals surface area contributed by atoms with Crippen LogP contribution in [0, 0.1) is 0 Å². The van der Waals surface area contributed by atoms with Crippen LogP contribution < -0.4 is 10.1 Å². The average molecular weight is 359 g/mol. The summed E-state index contributed by atoms with van der Waals surface area (Å²) in [6.07, 6.45) is -0.0265. The summed E-state index contributed by atoms with van der Waals surface area (Å²) in [6, 6.07) is 25.2. The molecule has 136 valence electrons. The topological polar surface area (TPSA) is 55.4 Å². The molecule has 0 aliphatic heterocycles. The Labute approximate surface area is 158 Å². The van der Waals surface area contributed by atoms with Gasteiger partial charge in [0.2, 0.25) is 5.78 Å². The van der Waals surface area contributed by atoms with Crippen molar-refractivity contribution in [1.82, 2.24) is 0 Å². The number of carbonyl (C=O) groups excluding carboxylic acids is 2. The van der Waals surface area contributed by atoms with E-state index in [0.717, 1.165) is 0 Å². The smallest absolute Gasteiger partial charge is 0.255 e. The Hall–Kier alpha value is -3.40. The van der Waals surface area contributed by atoms with Crippen molar-refractivity contribution < 1.29 is 14.3 Å². The van der Waals surface area contributed by atoms with Crippen LogP contribution in [0.25, 0.3) is 0 Å². The number of carbonyl (C=O) groups is 2. The van der Waals surface area contributed by atoms with Gasteiger partial charge in [-0.15, -0.1) is 0 Å². The van der Waals surface area contributed by atoms with Crippen LogP contribution in [0.5, 0.6) is 5.75 Å². The number of nitrogens with one attached hydrogen (secondary N) is 1. The van der Waals surface area contributed by atoms with Crippen molar-refractivity contribution in [3.8, 4) is 5.75 Å². The first-order valence-corrected chi connectivity index (χ1v) is 8.89. The van der Waals surface area contributed by atoms with Gasteiger partial charge in [-0.1, -0.05) is 61.5 Å². The van der Waals surface area contributed by atoms with Gasteiger partial charge in [-0.25, -0.2) is 0 Å². The second-order valence-electron chi connectivity index (χ2n) is 6.09.